The Bertz CT molecular complexity index is 1200. The first kappa shape index (κ1) is 23.2. The zero-order valence-corrected chi connectivity index (χ0v) is 19.7. The molecule has 0 aliphatic carbocycles. The molecule has 7 nitrogen and oxygen atoms in total. The smallest absolute Gasteiger partial charge is 0.252 e. The van der Waals surface area contributed by atoms with Crippen molar-refractivity contribution in [3.05, 3.63) is 58.9 Å². The van der Waals surface area contributed by atoms with Crippen molar-refractivity contribution in [2.45, 2.75) is 44.7 Å². The van der Waals surface area contributed by atoms with Gasteiger partial charge in [0.2, 0.25) is 10.0 Å². The van der Waals surface area contributed by atoms with E-state index in [0.29, 0.717) is 19.5 Å². The number of hydrogen-bond acceptors (Lipinski definition) is 4. The van der Waals surface area contributed by atoms with E-state index in [-0.39, 0.29) is 21.5 Å². The normalized spacial score (nSPS) is 12.1. The third-order valence-corrected chi connectivity index (χ3v) is 7.64. The Morgan fingerprint density at radius 1 is 1.23 bits per heavy atom. The van der Waals surface area contributed by atoms with Crippen molar-refractivity contribution in [2.24, 2.45) is 0 Å². The lowest BCUT2D eigenvalue weighted by Crippen LogP contribution is -2.33. The molecule has 9 heteroatoms. The van der Waals surface area contributed by atoms with Crippen LogP contribution in [0.3, 0.4) is 0 Å². The summed E-state index contributed by atoms with van der Waals surface area (Å²) in [6, 6.07) is 11.9. The van der Waals surface area contributed by atoms with Crippen molar-refractivity contribution < 1.29 is 13.2 Å². The molecule has 2 aromatic carbocycles. The topological polar surface area (TPSA) is 84.3 Å². The van der Waals surface area contributed by atoms with Gasteiger partial charge in [-0.2, -0.15) is 4.31 Å². The molecule has 0 aliphatic heterocycles. The van der Waals surface area contributed by atoms with Crippen LogP contribution in [0.15, 0.2) is 47.4 Å². The Labute approximate surface area is 188 Å². The molecule has 0 saturated carbocycles. The molecule has 166 valence electrons. The highest BCUT2D eigenvalue weighted by Gasteiger charge is 2.25. The number of fused-ring (bicyclic) bond motifs is 1. The lowest BCUT2D eigenvalue weighted by molar-refractivity contribution is 0.0952. The summed E-state index contributed by atoms with van der Waals surface area (Å²) >= 11 is 6.18. The van der Waals surface area contributed by atoms with Crippen LogP contribution in [0, 0.1) is 6.92 Å². The molecule has 0 aliphatic rings. The van der Waals surface area contributed by atoms with Gasteiger partial charge in [-0.1, -0.05) is 23.7 Å². The second kappa shape index (κ2) is 9.38. The Morgan fingerprint density at radius 3 is 2.65 bits per heavy atom. The number of para-hydroxylation sites is 2. The molecule has 1 amide bonds. The number of carbonyl (C=O) groups excluding carboxylic acids is 1. The number of nitrogens with zero attached hydrogens (tertiary/aromatic N) is 3. The van der Waals surface area contributed by atoms with E-state index in [1.54, 1.807) is 13.8 Å². The molecule has 0 radical (unpaired) electrons. The molecule has 31 heavy (non-hydrogen) atoms. The van der Waals surface area contributed by atoms with Crippen molar-refractivity contribution in [3.8, 4) is 0 Å². The number of aryl methyl sites for hydroxylation is 2. The van der Waals surface area contributed by atoms with Crippen LogP contribution in [0.5, 0.6) is 0 Å². The minimum absolute atomic E-state index is 0.0405. The number of halogens is 1. The van der Waals surface area contributed by atoms with E-state index in [4.69, 9.17) is 11.6 Å². The number of benzene rings is 2. The quantitative estimate of drug-likeness (QED) is 0.515. The van der Waals surface area contributed by atoms with E-state index >= 15 is 0 Å². The lowest BCUT2D eigenvalue weighted by atomic mass is 10.2. The fraction of sp³-hybridized carbons (Fsp3) is 0.364. The van der Waals surface area contributed by atoms with E-state index in [2.05, 4.69) is 14.9 Å². The molecule has 3 rings (SSSR count). The third kappa shape index (κ3) is 4.92. The average molecular weight is 463 g/mol. The van der Waals surface area contributed by atoms with Crippen LogP contribution in [0.2, 0.25) is 5.02 Å². The van der Waals surface area contributed by atoms with Crippen LogP contribution in [0.25, 0.3) is 11.0 Å². The van der Waals surface area contributed by atoms with E-state index < -0.39 is 15.9 Å². The molecule has 1 heterocycles. The summed E-state index contributed by atoms with van der Waals surface area (Å²) in [7, 11) is -2.20. The molecule has 1 aromatic heterocycles. The molecule has 3 aromatic rings. The van der Waals surface area contributed by atoms with Gasteiger partial charge >= 0.3 is 0 Å². The maximum atomic E-state index is 12.7. The number of rotatable bonds is 8. The number of carbonyl (C=O) groups is 1. The fourth-order valence-corrected chi connectivity index (χ4v) is 4.89. The van der Waals surface area contributed by atoms with Crippen LogP contribution in [0.4, 0.5) is 0 Å². The van der Waals surface area contributed by atoms with Gasteiger partial charge in [-0.15, -0.1) is 0 Å². The molecule has 1 N–H and O–H groups in total. The van der Waals surface area contributed by atoms with E-state index in [9.17, 15) is 13.2 Å². The Kier molecular flexibility index (Phi) is 7.03. The average Bonchev–Trinajstić information content (AvgIpc) is 3.05. The monoisotopic (exact) mass is 462 g/mol. The Balaban J connectivity index is 1.67. The predicted molar refractivity (Wildman–Crippen MR) is 123 cm³/mol. The van der Waals surface area contributed by atoms with E-state index in [1.165, 1.54) is 29.6 Å². The molecule has 0 fully saturated rings. The van der Waals surface area contributed by atoms with Crippen molar-refractivity contribution in [1.29, 1.82) is 0 Å². The SMILES string of the molecule is Cc1nc2ccccc2n1CCCNC(=O)c1cc(S(=O)(=O)N(C)C(C)C)ccc1Cl. The van der Waals surface area contributed by atoms with Gasteiger partial charge in [0.05, 0.1) is 26.5 Å². The zero-order valence-electron chi connectivity index (χ0n) is 18.1. The summed E-state index contributed by atoms with van der Waals surface area (Å²) in [5.41, 5.74) is 2.14. The molecule has 0 bridgehead atoms. The van der Waals surface area contributed by atoms with Gasteiger partial charge in [0.15, 0.2) is 0 Å². The van der Waals surface area contributed by atoms with Gasteiger partial charge in [0, 0.05) is 26.2 Å². The van der Waals surface area contributed by atoms with Crippen molar-refractivity contribution in [3.63, 3.8) is 0 Å². The first-order chi connectivity index (χ1) is 14.6. The maximum Gasteiger partial charge on any atom is 0.252 e. The van der Waals surface area contributed by atoms with Crippen LogP contribution >= 0.6 is 11.6 Å². The van der Waals surface area contributed by atoms with Crippen LogP contribution < -0.4 is 5.32 Å². The number of aromatic nitrogens is 2. The van der Waals surface area contributed by atoms with E-state index in [0.717, 1.165) is 16.9 Å². The molecular weight excluding hydrogens is 436 g/mol. The first-order valence-corrected chi connectivity index (χ1v) is 11.9. The first-order valence-electron chi connectivity index (χ1n) is 10.1. The minimum Gasteiger partial charge on any atom is -0.352 e. The number of amides is 1. The second-order valence-corrected chi connectivity index (χ2v) is 10.1. The number of nitrogens with one attached hydrogen (secondary N) is 1. The van der Waals surface area contributed by atoms with Crippen molar-refractivity contribution >= 4 is 38.6 Å². The summed E-state index contributed by atoms with van der Waals surface area (Å²) in [6.45, 7) is 6.65. The van der Waals surface area contributed by atoms with Gasteiger partial charge in [0.25, 0.3) is 5.91 Å². The fourth-order valence-electron chi connectivity index (χ4n) is 3.30. The molecular formula is C22H27ClN4O3S. The van der Waals surface area contributed by atoms with Gasteiger partial charge in [0.1, 0.15) is 5.82 Å². The minimum atomic E-state index is -3.71. The highest BCUT2D eigenvalue weighted by molar-refractivity contribution is 7.89. The molecule has 0 unspecified atom stereocenters. The standard InChI is InChI=1S/C22H27ClN4O3S/c1-15(2)26(4)31(29,30)17-10-11-19(23)18(14-17)22(28)24-12-7-13-27-16(3)25-20-8-5-6-9-21(20)27/h5-6,8-11,14-15H,7,12-13H2,1-4H3,(H,24,28). The third-order valence-electron chi connectivity index (χ3n) is 5.28. The predicted octanol–water partition coefficient (Wildman–Crippen LogP) is 3.85. The van der Waals surface area contributed by atoms with Crippen LogP contribution in [-0.2, 0) is 16.6 Å². The maximum absolute atomic E-state index is 12.7. The Hall–Kier alpha value is -2.42. The lowest BCUT2D eigenvalue weighted by Gasteiger charge is -2.21. The summed E-state index contributed by atoms with van der Waals surface area (Å²) in [5.74, 6) is 0.518. The highest BCUT2D eigenvalue weighted by atomic mass is 35.5. The molecule has 0 atom stereocenters. The summed E-state index contributed by atoms with van der Waals surface area (Å²) < 4.78 is 28.8. The van der Waals surface area contributed by atoms with Crippen molar-refractivity contribution in [1.82, 2.24) is 19.2 Å². The molecule has 0 saturated heterocycles. The largest absolute Gasteiger partial charge is 0.352 e. The van der Waals surface area contributed by atoms with Gasteiger partial charge in [-0.3, -0.25) is 4.79 Å². The van der Waals surface area contributed by atoms with Gasteiger partial charge < -0.3 is 9.88 Å². The number of hydrogen-bond donors (Lipinski definition) is 1. The summed E-state index contributed by atoms with van der Waals surface area (Å²) in [5, 5.41) is 3.04. The summed E-state index contributed by atoms with van der Waals surface area (Å²) in [4.78, 5) is 17.2. The van der Waals surface area contributed by atoms with Crippen LogP contribution in [-0.4, -0.2) is 47.8 Å². The highest BCUT2D eigenvalue weighted by Crippen LogP contribution is 2.23. The van der Waals surface area contributed by atoms with E-state index in [1.807, 2.05) is 31.2 Å². The van der Waals surface area contributed by atoms with Gasteiger partial charge in [-0.05, 0) is 57.5 Å². The summed E-state index contributed by atoms with van der Waals surface area (Å²) in [6.07, 6.45) is 0.693. The zero-order chi connectivity index (χ0) is 22.8. The Morgan fingerprint density at radius 2 is 1.94 bits per heavy atom. The van der Waals surface area contributed by atoms with Gasteiger partial charge in [-0.25, -0.2) is 13.4 Å². The van der Waals surface area contributed by atoms with Crippen molar-refractivity contribution in [2.75, 3.05) is 13.6 Å². The molecule has 0 spiro atoms. The van der Waals surface area contributed by atoms with Crippen LogP contribution in [0.1, 0.15) is 36.5 Å². The second-order valence-electron chi connectivity index (χ2n) is 7.67. The number of sulfonamides is 1. The number of imidazole rings is 1.